The zero-order valence-electron chi connectivity index (χ0n) is 21.8. The van der Waals surface area contributed by atoms with Crippen molar-refractivity contribution in [3.63, 3.8) is 0 Å². The average Bonchev–Trinajstić information content (AvgIpc) is 2.98. The maximum absolute atomic E-state index is 12.6. The van der Waals surface area contributed by atoms with E-state index in [1.54, 1.807) is 48.5 Å². The van der Waals surface area contributed by atoms with Gasteiger partial charge in [0.2, 0.25) is 5.95 Å². The van der Waals surface area contributed by atoms with Gasteiger partial charge in [0.25, 0.3) is 5.69 Å². The Kier molecular flexibility index (Phi) is 7.69. The molecule has 0 bridgehead atoms. The molecule has 0 atom stereocenters. The lowest BCUT2D eigenvalue weighted by Gasteiger charge is -2.15. The smallest absolute Gasteiger partial charge is 0.326 e. The van der Waals surface area contributed by atoms with Gasteiger partial charge >= 0.3 is 6.01 Å². The molecule has 0 aliphatic rings. The number of nitrogens with zero attached hydrogens (tertiary/aromatic N) is 4. The first-order valence-electron chi connectivity index (χ1n) is 12.4. The van der Waals surface area contributed by atoms with Crippen molar-refractivity contribution < 1.29 is 24.7 Å². The number of rotatable bonds is 10. The number of ether oxygens (including phenoxy) is 1. The number of benzene rings is 4. The summed E-state index contributed by atoms with van der Waals surface area (Å²) in [7, 11) is 0. The van der Waals surface area contributed by atoms with Crippen molar-refractivity contribution in [2.24, 2.45) is 0 Å². The monoisotopic (exact) mass is 562 g/mol. The lowest BCUT2D eigenvalue weighted by molar-refractivity contribution is -0.384. The Morgan fingerprint density at radius 1 is 0.905 bits per heavy atom. The first-order chi connectivity index (χ1) is 20.3. The molecule has 4 N–H and O–H groups in total. The minimum absolute atomic E-state index is 0.00477. The Balaban J connectivity index is 1.39. The van der Waals surface area contributed by atoms with Gasteiger partial charge in [-0.15, -0.1) is 0 Å². The fourth-order valence-electron chi connectivity index (χ4n) is 4.07. The molecule has 0 saturated carbocycles. The van der Waals surface area contributed by atoms with E-state index in [0.29, 0.717) is 17.1 Å². The number of aromatic nitrogens is 3. The van der Waals surface area contributed by atoms with Crippen molar-refractivity contribution in [2.75, 3.05) is 10.6 Å². The number of phenolic OH excluding ortho intramolecular Hbond substituents is 2. The van der Waals surface area contributed by atoms with Crippen LogP contribution in [0.4, 0.5) is 28.7 Å². The highest BCUT2D eigenvalue weighted by Crippen LogP contribution is 2.41. The van der Waals surface area contributed by atoms with Crippen LogP contribution >= 0.6 is 0 Å². The van der Waals surface area contributed by atoms with Crippen molar-refractivity contribution in [1.82, 2.24) is 15.0 Å². The summed E-state index contributed by atoms with van der Waals surface area (Å²) in [6, 6.07) is 21.9. The molecular formula is C30H22N6O6. The van der Waals surface area contributed by atoms with E-state index in [2.05, 4.69) is 32.2 Å². The molecule has 4 aromatic carbocycles. The second-order valence-corrected chi connectivity index (χ2v) is 8.78. The van der Waals surface area contributed by atoms with Gasteiger partial charge in [-0.3, -0.25) is 14.9 Å². The number of phenols is 2. The summed E-state index contributed by atoms with van der Waals surface area (Å²) in [4.78, 5) is 35.6. The molecule has 5 aromatic rings. The Morgan fingerprint density at radius 3 is 2.36 bits per heavy atom. The summed E-state index contributed by atoms with van der Waals surface area (Å²) in [6.45, 7) is 3.55. The van der Waals surface area contributed by atoms with Gasteiger partial charge in [-0.1, -0.05) is 24.8 Å². The Hall–Kier alpha value is -6.30. The number of anilines is 4. The van der Waals surface area contributed by atoms with Crippen molar-refractivity contribution in [1.29, 1.82) is 0 Å². The number of nitro benzene ring substituents is 1. The molecule has 1 aromatic heterocycles. The molecule has 12 heteroatoms. The van der Waals surface area contributed by atoms with Gasteiger partial charge in [0.1, 0.15) is 23.6 Å². The summed E-state index contributed by atoms with van der Waals surface area (Å²) in [5.74, 6) is -0.464. The zero-order chi connectivity index (χ0) is 29.6. The van der Waals surface area contributed by atoms with Crippen LogP contribution < -0.4 is 15.4 Å². The van der Waals surface area contributed by atoms with Crippen LogP contribution in [0.3, 0.4) is 0 Å². The summed E-state index contributed by atoms with van der Waals surface area (Å²) in [6.07, 6.45) is 2.40. The molecule has 0 unspecified atom stereocenters. The van der Waals surface area contributed by atoms with Crippen LogP contribution in [0.25, 0.3) is 11.1 Å². The molecule has 0 spiro atoms. The number of carbonyl (C=O) groups excluding carboxylic acids is 1. The summed E-state index contributed by atoms with van der Waals surface area (Å²) in [5, 5.41) is 37.4. The van der Waals surface area contributed by atoms with E-state index < -0.39 is 10.7 Å². The third-order valence-corrected chi connectivity index (χ3v) is 5.96. The van der Waals surface area contributed by atoms with Gasteiger partial charge in [0, 0.05) is 52.0 Å². The summed E-state index contributed by atoms with van der Waals surface area (Å²) in [5.41, 5.74) is 2.73. The molecule has 0 amide bonds. The van der Waals surface area contributed by atoms with Crippen molar-refractivity contribution in [3.8, 4) is 34.4 Å². The summed E-state index contributed by atoms with van der Waals surface area (Å²) >= 11 is 0. The lowest BCUT2D eigenvalue weighted by Crippen LogP contribution is -2.03. The molecule has 0 radical (unpaired) electrons. The molecule has 12 nitrogen and oxygen atoms in total. The quantitative estimate of drug-likeness (QED) is 0.0633. The number of nitrogens with one attached hydrogen (secondary N) is 2. The first-order valence-corrected chi connectivity index (χ1v) is 12.4. The predicted octanol–water partition coefficient (Wildman–Crippen LogP) is 6.51. The number of hydrogen-bond donors (Lipinski definition) is 4. The van der Waals surface area contributed by atoms with Gasteiger partial charge in [-0.25, -0.2) is 4.98 Å². The van der Waals surface area contributed by atoms with Crippen LogP contribution in [-0.4, -0.2) is 35.9 Å². The van der Waals surface area contributed by atoms with E-state index in [0.717, 1.165) is 12.1 Å². The van der Waals surface area contributed by atoms with E-state index in [4.69, 9.17) is 4.74 Å². The zero-order valence-corrected chi connectivity index (χ0v) is 21.8. The normalized spacial score (nSPS) is 10.5. The van der Waals surface area contributed by atoms with Gasteiger partial charge in [-0.05, 0) is 54.6 Å². The van der Waals surface area contributed by atoms with Crippen LogP contribution in [-0.2, 0) is 0 Å². The molecular weight excluding hydrogens is 540 g/mol. The van der Waals surface area contributed by atoms with Gasteiger partial charge in [-0.2, -0.15) is 9.97 Å². The van der Waals surface area contributed by atoms with Crippen LogP contribution in [0.5, 0.6) is 23.3 Å². The molecule has 1 heterocycles. The van der Waals surface area contributed by atoms with E-state index in [-0.39, 0.29) is 51.6 Å². The number of carbonyl (C=O) groups is 1. The summed E-state index contributed by atoms with van der Waals surface area (Å²) < 4.78 is 5.97. The van der Waals surface area contributed by atoms with E-state index >= 15 is 0 Å². The fourth-order valence-corrected chi connectivity index (χ4v) is 4.07. The maximum atomic E-state index is 12.6. The van der Waals surface area contributed by atoms with Crippen molar-refractivity contribution in [3.05, 3.63) is 120 Å². The standard InChI is InChI=1S/C30H22N6O6/c1-2-25(38)23-7-4-8-27(28(23)24-14-13-22(37)16-26(24)39)42-30-32-17-31-29(35-30)34-20-6-3-5-19(15-20)33-18-9-11-21(12-10-18)36(40)41/h2-17,33,37,39H,1H2,(H,31,32,34,35). The van der Waals surface area contributed by atoms with Gasteiger partial charge in [0.05, 0.1) is 4.92 Å². The highest BCUT2D eigenvalue weighted by atomic mass is 16.6. The fraction of sp³-hybridized carbons (Fsp3) is 0. The minimum atomic E-state index is -0.462. The van der Waals surface area contributed by atoms with Crippen molar-refractivity contribution >= 4 is 34.5 Å². The van der Waals surface area contributed by atoms with Crippen LogP contribution in [0, 0.1) is 10.1 Å². The van der Waals surface area contributed by atoms with Gasteiger partial charge in [0.15, 0.2) is 5.78 Å². The second kappa shape index (κ2) is 11.8. The number of aromatic hydroxyl groups is 2. The molecule has 0 fully saturated rings. The largest absolute Gasteiger partial charge is 0.508 e. The highest BCUT2D eigenvalue weighted by Gasteiger charge is 2.20. The Labute approximate surface area is 238 Å². The molecule has 5 rings (SSSR count). The Morgan fingerprint density at radius 2 is 1.64 bits per heavy atom. The predicted molar refractivity (Wildman–Crippen MR) is 156 cm³/mol. The molecule has 42 heavy (non-hydrogen) atoms. The molecule has 0 saturated heterocycles. The van der Waals surface area contributed by atoms with Crippen LogP contribution in [0.1, 0.15) is 10.4 Å². The second-order valence-electron chi connectivity index (χ2n) is 8.78. The van der Waals surface area contributed by atoms with E-state index in [1.165, 1.54) is 30.6 Å². The maximum Gasteiger partial charge on any atom is 0.326 e. The van der Waals surface area contributed by atoms with Crippen LogP contribution in [0.2, 0.25) is 0 Å². The number of allylic oxidation sites excluding steroid dienone is 1. The average molecular weight is 563 g/mol. The Bertz CT molecular complexity index is 1810. The minimum Gasteiger partial charge on any atom is -0.508 e. The lowest BCUT2D eigenvalue weighted by atomic mass is 9.95. The SMILES string of the molecule is C=CC(=O)c1cccc(Oc2ncnc(Nc3cccc(Nc4ccc([N+](=O)[O-])cc4)c3)n2)c1-c1ccc(O)cc1O. The molecule has 208 valence electrons. The highest BCUT2D eigenvalue weighted by molar-refractivity contribution is 6.10. The van der Waals surface area contributed by atoms with E-state index in [9.17, 15) is 25.1 Å². The number of hydrogen-bond acceptors (Lipinski definition) is 11. The van der Waals surface area contributed by atoms with E-state index in [1.807, 2.05) is 6.07 Å². The third-order valence-electron chi connectivity index (χ3n) is 5.96. The van der Waals surface area contributed by atoms with Crippen molar-refractivity contribution in [2.45, 2.75) is 0 Å². The number of non-ortho nitro benzene ring substituents is 1. The van der Waals surface area contributed by atoms with Crippen LogP contribution in [0.15, 0.2) is 104 Å². The first kappa shape index (κ1) is 27.3. The molecule has 0 aliphatic carbocycles. The molecule has 0 aliphatic heterocycles. The number of ketones is 1. The number of nitro groups is 1. The van der Waals surface area contributed by atoms with Gasteiger partial charge < -0.3 is 25.6 Å². The topological polar surface area (TPSA) is 173 Å². The third kappa shape index (κ3) is 6.13.